The first-order chi connectivity index (χ1) is 10.7. The number of hydrogen-bond donors (Lipinski definition) is 2. The first-order valence-corrected chi connectivity index (χ1v) is 7.86. The minimum atomic E-state index is -0.569. The van der Waals surface area contributed by atoms with E-state index in [-0.39, 0.29) is 12.1 Å². The molecule has 1 aliphatic carbocycles. The van der Waals surface area contributed by atoms with Gasteiger partial charge in [-0.2, -0.15) is 0 Å². The number of hydrogen-bond acceptors (Lipinski definition) is 3. The summed E-state index contributed by atoms with van der Waals surface area (Å²) in [6.45, 7) is 5.94. The van der Waals surface area contributed by atoms with Gasteiger partial charge in [0.25, 0.3) is 0 Å². The van der Waals surface area contributed by atoms with E-state index >= 15 is 0 Å². The van der Waals surface area contributed by atoms with Gasteiger partial charge in [0.15, 0.2) is 0 Å². The van der Waals surface area contributed by atoms with Crippen LogP contribution in [0.15, 0.2) is 18.2 Å². The molecule has 1 saturated carbocycles. The smallest absolute Gasteiger partial charge is 0.408 e. The van der Waals surface area contributed by atoms with Gasteiger partial charge in [0.2, 0.25) is 0 Å². The van der Waals surface area contributed by atoms with E-state index in [1.165, 1.54) is 18.2 Å². The molecule has 0 heterocycles. The standard InChI is InChI=1S/C17H24F2N2O2/c1-16(2,3)23-15(22)21-17(8-5-9-17)11-20-10-12-13(18)6-4-7-14(12)19/h4,6-7,20H,5,8-11H2,1-3H3,(H,21,22). The summed E-state index contributed by atoms with van der Waals surface area (Å²) in [5, 5.41) is 5.93. The van der Waals surface area contributed by atoms with Crippen LogP contribution in [0.2, 0.25) is 0 Å². The predicted molar refractivity (Wildman–Crippen MR) is 84.0 cm³/mol. The van der Waals surface area contributed by atoms with Crippen molar-refractivity contribution in [2.24, 2.45) is 0 Å². The van der Waals surface area contributed by atoms with Crippen LogP contribution in [0, 0.1) is 11.6 Å². The molecule has 1 aromatic carbocycles. The molecule has 0 aliphatic heterocycles. The Kier molecular flexibility index (Phi) is 5.24. The van der Waals surface area contributed by atoms with Gasteiger partial charge in [0.05, 0.1) is 5.54 Å². The number of benzene rings is 1. The fraction of sp³-hybridized carbons (Fsp3) is 0.588. The van der Waals surface area contributed by atoms with Gasteiger partial charge in [-0.1, -0.05) is 6.07 Å². The predicted octanol–water partition coefficient (Wildman–Crippen LogP) is 3.50. The van der Waals surface area contributed by atoms with Gasteiger partial charge in [0.1, 0.15) is 17.2 Å². The third-order valence-corrected chi connectivity index (χ3v) is 3.90. The number of carbonyl (C=O) groups excluding carboxylic acids is 1. The molecule has 1 aliphatic rings. The van der Waals surface area contributed by atoms with Crippen LogP contribution in [0.25, 0.3) is 0 Å². The average molecular weight is 326 g/mol. The van der Waals surface area contributed by atoms with E-state index in [0.717, 1.165) is 19.3 Å². The summed E-state index contributed by atoms with van der Waals surface area (Å²) in [7, 11) is 0. The molecule has 23 heavy (non-hydrogen) atoms. The number of halogens is 2. The molecule has 0 bridgehead atoms. The molecule has 1 amide bonds. The van der Waals surface area contributed by atoms with E-state index in [0.29, 0.717) is 6.54 Å². The summed E-state index contributed by atoms with van der Waals surface area (Å²) in [5.74, 6) is -1.14. The zero-order valence-electron chi connectivity index (χ0n) is 13.8. The molecular formula is C17H24F2N2O2. The van der Waals surface area contributed by atoms with E-state index in [1.807, 2.05) is 0 Å². The topological polar surface area (TPSA) is 50.4 Å². The molecule has 0 spiro atoms. The van der Waals surface area contributed by atoms with E-state index in [1.54, 1.807) is 20.8 Å². The maximum absolute atomic E-state index is 13.6. The zero-order chi connectivity index (χ0) is 17.1. The Bertz CT molecular complexity index is 546. The molecule has 0 unspecified atom stereocenters. The fourth-order valence-electron chi connectivity index (χ4n) is 2.60. The highest BCUT2D eigenvalue weighted by atomic mass is 19.1. The largest absolute Gasteiger partial charge is 0.444 e. The van der Waals surface area contributed by atoms with E-state index in [2.05, 4.69) is 10.6 Å². The van der Waals surface area contributed by atoms with Gasteiger partial charge in [-0.3, -0.25) is 0 Å². The highest BCUT2D eigenvalue weighted by Crippen LogP contribution is 2.31. The number of carbonyl (C=O) groups is 1. The van der Waals surface area contributed by atoms with Crippen LogP contribution >= 0.6 is 0 Å². The summed E-state index contributed by atoms with van der Waals surface area (Å²) < 4.78 is 32.5. The minimum Gasteiger partial charge on any atom is -0.444 e. The quantitative estimate of drug-likeness (QED) is 0.871. The Hall–Kier alpha value is -1.69. The Labute approximate surface area is 135 Å². The second-order valence-electron chi connectivity index (χ2n) is 7.06. The van der Waals surface area contributed by atoms with Crippen LogP contribution in [-0.2, 0) is 11.3 Å². The van der Waals surface area contributed by atoms with Crippen molar-refractivity contribution >= 4 is 6.09 Å². The first-order valence-electron chi connectivity index (χ1n) is 7.86. The van der Waals surface area contributed by atoms with E-state index in [9.17, 15) is 13.6 Å². The Morgan fingerprint density at radius 1 is 1.26 bits per heavy atom. The third kappa shape index (κ3) is 4.89. The molecule has 128 valence electrons. The van der Waals surface area contributed by atoms with Crippen LogP contribution in [0.3, 0.4) is 0 Å². The number of ether oxygens (including phenoxy) is 1. The van der Waals surface area contributed by atoms with Crippen LogP contribution in [0.4, 0.5) is 13.6 Å². The second kappa shape index (κ2) is 6.83. The Morgan fingerprint density at radius 3 is 2.35 bits per heavy atom. The molecule has 1 fully saturated rings. The third-order valence-electron chi connectivity index (χ3n) is 3.90. The maximum Gasteiger partial charge on any atom is 0.408 e. The lowest BCUT2D eigenvalue weighted by Crippen LogP contribution is -2.59. The molecule has 4 nitrogen and oxygen atoms in total. The average Bonchev–Trinajstić information content (AvgIpc) is 2.36. The molecule has 0 atom stereocenters. The van der Waals surface area contributed by atoms with Gasteiger partial charge in [-0.15, -0.1) is 0 Å². The van der Waals surface area contributed by atoms with Crippen molar-refractivity contribution in [2.45, 2.75) is 57.7 Å². The van der Waals surface area contributed by atoms with Crippen molar-refractivity contribution < 1.29 is 18.3 Å². The summed E-state index contributed by atoms with van der Waals surface area (Å²) in [4.78, 5) is 11.9. The zero-order valence-corrected chi connectivity index (χ0v) is 13.8. The van der Waals surface area contributed by atoms with Crippen molar-refractivity contribution in [1.29, 1.82) is 0 Å². The highest BCUT2D eigenvalue weighted by molar-refractivity contribution is 5.69. The minimum absolute atomic E-state index is 0.0132. The molecule has 2 rings (SSSR count). The molecule has 6 heteroatoms. The number of amides is 1. The summed E-state index contributed by atoms with van der Waals surface area (Å²) in [5.41, 5.74) is -0.942. The Balaban J connectivity index is 1.88. The number of rotatable bonds is 5. The summed E-state index contributed by atoms with van der Waals surface area (Å²) in [6.07, 6.45) is 2.18. The first kappa shape index (κ1) is 17.7. The van der Waals surface area contributed by atoms with Crippen molar-refractivity contribution in [2.75, 3.05) is 6.54 Å². The van der Waals surface area contributed by atoms with Gasteiger partial charge in [0, 0.05) is 18.7 Å². The summed E-state index contributed by atoms with van der Waals surface area (Å²) in [6, 6.07) is 3.81. The van der Waals surface area contributed by atoms with Gasteiger partial charge >= 0.3 is 6.09 Å². The lowest BCUT2D eigenvalue weighted by molar-refractivity contribution is 0.0382. The van der Waals surface area contributed by atoms with Crippen molar-refractivity contribution in [3.8, 4) is 0 Å². The number of alkyl carbamates (subject to hydrolysis) is 1. The molecule has 0 saturated heterocycles. The molecule has 1 aromatic rings. The van der Waals surface area contributed by atoms with E-state index in [4.69, 9.17) is 4.74 Å². The van der Waals surface area contributed by atoms with Gasteiger partial charge in [-0.25, -0.2) is 13.6 Å². The highest BCUT2D eigenvalue weighted by Gasteiger charge is 2.39. The van der Waals surface area contributed by atoms with Crippen molar-refractivity contribution in [3.63, 3.8) is 0 Å². The van der Waals surface area contributed by atoms with Crippen molar-refractivity contribution in [3.05, 3.63) is 35.4 Å². The lowest BCUT2D eigenvalue weighted by Gasteiger charge is -2.42. The SMILES string of the molecule is CC(C)(C)OC(=O)NC1(CNCc2c(F)cccc2F)CCC1. The van der Waals surface area contributed by atoms with Crippen molar-refractivity contribution in [1.82, 2.24) is 10.6 Å². The maximum atomic E-state index is 13.6. The van der Waals surface area contributed by atoms with Crippen LogP contribution < -0.4 is 10.6 Å². The van der Waals surface area contributed by atoms with Crippen LogP contribution in [0.5, 0.6) is 0 Å². The normalized spacial score (nSPS) is 16.6. The molecule has 0 radical (unpaired) electrons. The molecule has 2 N–H and O–H groups in total. The van der Waals surface area contributed by atoms with Gasteiger partial charge in [-0.05, 0) is 52.2 Å². The monoisotopic (exact) mass is 326 g/mol. The second-order valence-corrected chi connectivity index (χ2v) is 7.06. The Morgan fingerprint density at radius 2 is 1.87 bits per heavy atom. The fourth-order valence-corrected chi connectivity index (χ4v) is 2.60. The lowest BCUT2D eigenvalue weighted by atomic mass is 9.76. The molecular weight excluding hydrogens is 302 g/mol. The summed E-state index contributed by atoms with van der Waals surface area (Å²) >= 11 is 0. The van der Waals surface area contributed by atoms with Crippen LogP contribution in [-0.4, -0.2) is 23.8 Å². The van der Waals surface area contributed by atoms with Crippen LogP contribution in [0.1, 0.15) is 45.6 Å². The van der Waals surface area contributed by atoms with Gasteiger partial charge < -0.3 is 15.4 Å². The number of nitrogens with one attached hydrogen (secondary N) is 2. The van der Waals surface area contributed by atoms with E-state index < -0.39 is 28.9 Å². The molecule has 0 aromatic heterocycles.